The molecule has 0 radical (unpaired) electrons. The summed E-state index contributed by atoms with van der Waals surface area (Å²) in [6.07, 6.45) is -4.71. The second kappa shape index (κ2) is 11.4. The molecular formula is C32H29F3N2O4. The highest BCUT2D eigenvalue weighted by atomic mass is 19.4. The van der Waals surface area contributed by atoms with E-state index in [4.69, 9.17) is 4.74 Å². The van der Waals surface area contributed by atoms with Gasteiger partial charge in [0.05, 0.1) is 16.8 Å². The van der Waals surface area contributed by atoms with Crippen molar-refractivity contribution < 1.29 is 32.6 Å². The molecule has 3 N–H and O–H groups in total. The number of aryl methyl sites for hydroxylation is 1. The van der Waals surface area contributed by atoms with Gasteiger partial charge >= 0.3 is 18.2 Å². The van der Waals surface area contributed by atoms with Gasteiger partial charge in [-0.15, -0.1) is 0 Å². The van der Waals surface area contributed by atoms with Crippen LogP contribution in [0.5, 0.6) is 11.5 Å². The van der Waals surface area contributed by atoms with E-state index in [9.17, 15) is 27.9 Å². The first kappa shape index (κ1) is 29.2. The van der Waals surface area contributed by atoms with Crippen molar-refractivity contribution in [2.24, 2.45) is 0 Å². The Balaban J connectivity index is 1.78. The molecule has 0 saturated heterocycles. The maximum atomic E-state index is 13.3. The summed E-state index contributed by atoms with van der Waals surface area (Å²) in [7, 11) is 0. The zero-order chi connectivity index (χ0) is 29.9. The summed E-state index contributed by atoms with van der Waals surface area (Å²) < 4.78 is 46.1. The normalized spacial score (nSPS) is 11.6. The number of anilines is 2. The van der Waals surface area contributed by atoms with Gasteiger partial charge in [-0.2, -0.15) is 13.2 Å². The summed E-state index contributed by atoms with van der Waals surface area (Å²) >= 11 is 0. The first-order valence-electron chi connectivity index (χ1n) is 12.7. The predicted molar refractivity (Wildman–Crippen MR) is 153 cm³/mol. The maximum Gasteiger partial charge on any atom is 0.416 e. The highest BCUT2D eigenvalue weighted by molar-refractivity contribution is 6.02. The second-order valence-electron chi connectivity index (χ2n) is 10.6. The number of alkyl halides is 3. The van der Waals surface area contributed by atoms with Crippen LogP contribution in [0.4, 0.5) is 29.3 Å². The molecular weight excluding hydrogens is 533 g/mol. The minimum absolute atomic E-state index is 0.0501. The lowest BCUT2D eigenvalue weighted by Crippen LogP contribution is -2.20. The molecule has 4 rings (SSSR count). The number of aromatic carboxylic acids is 1. The number of carbonyl (C=O) groups excluding carboxylic acids is 1. The van der Waals surface area contributed by atoms with Crippen LogP contribution in [0, 0.1) is 6.92 Å². The zero-order valence-corrected chi connectivity index (χ0v) is 22.9. The minimum atomic E-state index is -4.71. The van der Waals surface area contributed by atoms with Gasteiger partial charge in [0, 0.05) is 11.3 Å². The topological polar surface area (TPSA) is 87.7 Å². The SMILES string of the molecule is Cc1ccc(NC(=O)Nc2cc(-c3ccc(C(F)(F)F)cc3C(=O)O)ccc2Oc2ccccc2C(C)(C)C)cc1. The van der Waals surface area contributed by atoms with Gasteiger partial charge in [-0.3, -0.25) is 0 Å². The molecule has 0 fully saturated rings. The van der Waals surface area contributed by atoms with Crippen molar-refractivity contribution in [1.29, 1.82) is 0 Å². The molecule has 0 aliphatic heterocycles. The summed E-state index contributed by atoms with van der Waals surface area (Å²) in [5.41, 5.74) is 1.12. The summed E-state index contributed by atoms with van der Waals surface area (Å²) in [4.78, 5) is 24.9. The molecule has 0 bridgehead atoms. The highest BCUT2D eigenvalue weighted by Gasteiger charge is 2.32. The number of carboxylic acid groups (broad SMARTS) is 1. The lowest BCUT2D eigenvalue weighted by Gasteiger charge is -2.23. The average Bonchev–Trinajstić information content (AvgIpc) is 2.90. The first-order chi connectivity index (χ1) is 19.2. The molecule has 0 saturated carbocycles. The van der Waals surface area contributed by atoms with Crippen LogP contribution in [0.2, 0.25) is 0 Å². The summed E-state index contributed by atoms with van der Waals surface area (Å²) in [6.45, 7) is 8.01. The quantitative estimate of drug-likeness (QED) is 0.219. The molecule has 0 unspecified atom stereocenters. The first-order valence-corrected chi connectivity index (χ1v) is 12.7. The Morgan fingerprint density at radius 3 is 2.12 bits per heavy atom. The van der Waals surface area contributed by atoms with Crippen molar-refractivity contribution in [3.63, 3.8) is 0 Å². The van der Waals surface area contributed by atoms with Crippen LogP contribution in [0.15, 0.2) is 84.9 Å². The number of ether oxygens (including phenoxy) is 1. The van der Waals surface area contributed by atoms with Crippen molar-refractivity contribution in [2.75, 3.05) is 10.6 Å². The van der Waals surface area contributed by atoms with Gasteiger partial charge in [-0.05, 0) is 65.9 Å². The van der Waals surface area contributed by atoms with Crippen molar-refractivity contribution in [2.45, 2.75) is 39.3 Å². The molecule has 4 aromatic carbocycles. The largest absolute Gasteiger partial charge is 0.478 e. The fourth-order valence-corrected chi connectivity index (χ4v) is 4.25. The van der Waals surface area contributed by atoms with Gasteiger partial charge in [-0.1, -0.05) is 68.8 Å². The standard InChI is InChI=1S/C32H29F3N2O4/c1-19-9-13-22(14-10-19)36-30(40)37-26-17-20(23-15-12-21(32(33,34)35)18-24(23)29(38)39)11-16-28(26)41-27-8-6-5-7-25(27)31(2,3)4/h5-18H,1-4H3,(H,38,39)(H2,36,37,40). The lowest BCUT2D eigenvalue weighted by atomic mass is 9.86. The van der Waals surface area contributed by atoms with E-state index in [1.54, 1.807) is 24.3 Å². The molecule has 212 valence electrons. The molecule has 41 heavy (non-hydrogen) atoms. The van der Waals surface area contributed by atoms with E-state index in [1.807, 2.05) is 58.0 Å². The number of halogens is 3. The van der Waals surface area contributed by atoms with Gasteiger partial charge in [0.2, 0.25) is 0 Å². The third-order valence-electron chi connectivity index (χ3n) is 6.34. The fourth-order valence-electron chi connectivity index (χ4n) is 4.25. The number of rotatable bonds is 6. The number of para-hydroxylation sites is 1. The van der Waals surface area contributed by atoms with E-state index in [-0.39, 0.29) is 28.0 Å². The fraction of sp³-hybridized carbons (Fsp3) is 0.188. The van der Waals surface area contributed by atoms with Crippen molar-refractivity contribution >= 4 is 23.4 Å². The van der Waals surface area contributed by atoms with Gasteiger partial charge in [0.1, 0.15) is 5.75 Å². The number of benzene rings is 4. The molecule has 2 amide bonds. The lowest BCUT2D eigenvalue weighted by molar-refractivity contribution is -0.137. The molecule has 0 spiro atoms. The van der Waals surface area contributed by atoms with E-state index >= 15 is 0 Å². The Labute approximate surface area is 235 Å². The van der Waals surface area contributed by atoms with E-state index in [1.165, 1.54) is 12.1 Å². The van der Waals surface area contributed by atoms with Crippen molar-refractivity contribution in [3.8, 4) is 22.6 Å². The molecule has 0 aromatic heterocycles. The van der Waals surface area contributed by atoms with Crippen LogP contribution < -0.4 is 15.4 Å². The van der Waals surface area contributed by atoms with E-state index in [0.717, 1.165) is 23.3 Å². The van der Waals surface area contributed by atoms with Crippen LogP contribution in [0.3, 0.4) is 0 Å². The smallest absolute Gasteiger partial charge is 0.416 e. The Hall–Kier alpha value is -4.79. The molecule has 9 heteroatoms. The Bertz CT molecular complexity index is 1590. The van der Waals surface area contributed by atoms with Crippen LogP contribution in [0.25, 0.3) is 11.1 Å². The second-order valence-corrected chi connectivity index (χ2v) is 10.6. The van der Waals surface area contributed by atoms with Gasteiger partial charge in [-0.25, -0.2) is 9.59 Å². The molecule has 4 aromatic rings. The van der Waals surface area contributed by atoms with E-state index in [0.29, 0.717) is 17.5 Å². The number of amides is 2. The number of carboxylic acids is 1. The van der Waals surface area contributed by atoms with Crippen LogP contribution in [0.1, 0.15) is 47.8 Å². The van der Waals surface area contributed by atoms with Crippen LogP contribution in [-0.2, 0) is 11.6 Å². The van der Waals surface area contributed by atoms with E-state index < -0.39 is 29.3 Å². The number of nitrogens with one attached hydrogen (secondary N) is 2. The number of hydrogen-bond acceptors (Lipinski definition) is 3. The van der Waals surface area contributed by atoms with E-state index in [2.05, 4.69) is 10.6 Å². The molecule has 0 aliphatic carbocycles. The minimum Gasteiger partial charge on any atom is -0.478 e. The molecule has 0 atom stereocenters. The Morgan fingerprint density at radius 1 is 0.805 bits per heavy atom. The monoisotopic (exact) mass is 562 g/mol. The third kappa shape index (κ3) is 7.05. The summed E-state index contributed by atoms with van der Waals surface area (Å²) in [5.74, 6) is -0.707. The average molecular weight is 563 g/mol. The number of carbonyl (C=O) groups is 2. The number of urea groups is 1. The van der Waals surface area contributed by atoms with Gasteiger partial charge in [0.25, 0.3) is 0 Å². The van der Waals surface area contributed by atoms with Gasteiger partial charge in [0.15, 0.2) is 5.75 Å². The maximum absolute atomic E-state index is 13.3. The highest BCUT2D eigenvalue weighted by Crippen LogP contribution is 2.40. The molecule has 0 aliphatic rings. The van der Waals surface area contributed by atoms with Crippen molar-refractivity contribution in [1.82, 2.24) is 0 Å². The summed E-state index contributed by atoms with van der Waals surface area (Å²) in [6, 6.07) is 21.1. The third-order valence-corrected chi connectivity index (χ3v) is 6.34. The van der Waals surface area contributed by atoms with Crippen LogP contribution in [-0.4, -0.2) is 17.1 Å². The summed E-state index contributed by atoms with van der Waals surface area (Å²) in [5, 5.41) is 15.2. The Morgan fingerprint density at radius 2 is 1.49 bits per heavy atom. The Kier molecular flexibility index (Phi) is 8.10. The predicted octanol–water partition coefficient (Wildman–Crippen LogP) is 9.11. The van der Waals surface area contributed by atoms with Crippen LogP contribution >= 0.6 is 0 Å². The number of hydrogen-bond donors (Lipinski definition) is 3. The molecule has 0 heterocycles. The molecule has 6 nitrogen and oxygen atoms in total. The zero-order valence-electron chi connectivity index (χ0n) is 22.9. The van der Waals surface area contributed by atoms with Crippen molar-refractivity contribution in [3.05, 3.63) is 107 Å². The van der Waals surface area contributed by atoms with Gasteiger partial charge < -0.3 is 20.5 Å².